The number of carbonyl (C=O) groups is 3. The van der Waals surface area contributed by atoms with Crippen LogP contribution in [0.25, 0.3) is 0 Å². The molecule has 0 saturated carbocycles. The highest BCUT2D eigenvalue weighted by molar-refractivity contribution is 5.80. The average Bonchev–Trinajstić information content (AvgIpc) is 2.14. The van der Waals surface area contributed by atoms with Crippen LogP contribution in [0.4, 0.5) is 0 Å². The van der Waals surface area contributed by atoms with Gasteiger partial charge in [-0.05, 0) is 19.3 Å². The summed E-state index contributed by atoms with van der Waals surface area (Å²) in [5, 5.41) is 15.5. The van der Waals surface area contributed by atoms with Crippen molar-refractivity contribution < 1.29 is 19.5 Å². The number of unbranched alkanes of at least 4 members (excludes halogenated alkanes) is 1. The van der Waals surface area contributed by atoms with Gasteiger partial charge in [-0.2, -0.15) is 0 Å². The first-order valence-electron chi connectivity index (χ1n) is 5.16. The molecule has 0 aliphatic carbocycles. The molecule has 0 bridgehead atoms. The molecule has 0 aromatic heterocycles. The van der Waals surface area contributed by atoms with Gasteiger partial charge in [0, 0.05) is 20.4 Å². The molecule has 1 unspecified atom stereocenters. The molecule has 1 atom stereocenters. The largest absolute Gasteiger partial charge is 0.548 e. The van der Waals surface area contributed by atoms with Crippen LogP contribution in [0.15, 0.2) is 0 Å². The fourth-order valence-electron chi connectivity index (χ4n) is 1.23. The van der Waals surface area contributed by atoms with Crippen molar-refractivity contribution in [2.24, 2.45) is 0 Å². The number of aliphatic carboxylic acids is 1. The Hall–Kier alpha value is -1.59. The van der Waals surface area contributed by atoms with E-state index in [1.807, 2.05) is 0 Å². The molecule has 16 heavy (non-hydrogen) atoms. The van der Waals surface area contributed by atoms with Crippen molar-refractivity contribution in [2.45, 2.75) is 39.2 Å². The molecule has 0 heterocycles. The number of amides is 2. The van der Waals surface area contributed by atoms with Crippen LogP contribution in [0, 0.1) is 0 Å². The zero-order valence-electron chi connectivity index (χ0n) is 9.54. The van der Waals surface area contributed by atoms with Crippen LogP contribution < -0.4 is 15.7 Å². The summed E-state index contributed by atoms with van der Waals surface area (Å²) in [5.41, 5.74) is 0. The summed E-state index contributed by atoms with van der Waals surface area (Å²) in [4.78, 5) is 31.8. The predicted octanol–water partition coefficient (Wildman–Crippen LogP) is -1.45. The summed E-state index contributed by atoms with van der Waals surface area (Å²) in [6, 6.07) is -0.949. The molecule has 0 aromatic carbocycles. The molecule has 0 aliphatic heterocycles. The minimum absolute atomic E-state index is 0.113. The van der Waals surface area contributed by atoms with Gasteiger partial charge in [0.2, 0.25) is 11.8 Å². The number of nitrogens with one attached hydrogen (secondary N) is 2. The summed E-state index contributed by atoms with van der Waals surface area (Å²) in [6.45, 7) is 3.18. The average molecular weight is 229 g/mol. The molecular weight excluding hydrogens is 212 g/mol. The van der Waals surface area contributed by atoms with Gasteiger partial charge in [-0.25, -0.2) is 0 Å². The smallest absolute Gasteiger partial charge is 0.217 e. The van der Waals surface area contributed by atoms with Crippen LogP contribution in [0.3, 0.4) is 0 Å². The van der Waals surface area contributed by atoms with Gasteiger partial charge in [0.05, 0.1) is 12.0 Å². The van der Waals surface area contributed by atoms with E-state index in [9.17, 15) is 19.5 Å². The van der Waals surface area contributed by atoms with E-state index in [0.717, 1.165) is 0 Å². The van der Waals surface area contributed by atoms with Crippen molar-refractivity contribution in [1.29, 1.82) is 0 Å². The molecule has 0 radical (unpaired) electrons. The van der Waals surface area contributed by atoms with E-state index in [-0.39, 0.29) is 5.91 Å². The maximum absolute atomic E-state index is 10.7. The van der Waals surface area contributed by atoms with Gasteiger partial charge < -0.3 is 20.5 Å². The predicted molar refractivity (Wildman–Crippen MR) is 55.1 cm³/mol. The molecule has 92 valence electrons. The number of rotatable bonds is 7. The van der Waals surface area contributed by atoms with E-state index in [1.54, 1.807) is 0 Å². The Kier molecular flexibility index (Phi) is 6.91. The lowest BCUT2D eigenvalue weighted by molar-refractivity contribution is -0.308. The highest BCUT2D eigenvalue weighted by Gasteiger charge is 2.10. The molecule has 0 saturated heterocycles. The maximum atomic E-state index is 10.7. The van der Waals surface area contributed by atoms with Crippen molar-refractivity contribution >= 4 is 17.8 Å². The third-order valence-electron chi connectivity index (χ3n) is 1.96. The van der Waals surface area contributed by atoms with E-state index in [2.05, 4.69) is 10.6 Å². The van der Waals surface area contributed by atoms with Crippen LogP contribution in [0.2, 0.25) is 0 Å². The first-order valence-corrected chi connectivity index (χ1v) is 5.16. The lowest BCUT2D eigenvalue weighted by Crippen LogP contribution is -2.47. The van der Waals surface area contributed by atoms with E-state index in [4.69, 9.17) is 0 Å². The molecule has 0 spiro atoms. The van der Waals surface area contributed by atoms with Gasteiger partial charge in [0.25, 0.3) is 0 Å². The SMILES string of the molecule is CC(=O)NCCCCC(NC(C)=O)C(=O)[O-]. The Bertz CT molecular complexity index is 266. The minimum Gasteiger partial charge on any atom is -0.548 e. The second-order valence-corrected chi connectivity index (χ2v) is 3.55. The van der Waals surface area contributed by atoms with Gasteiger partial charge in [-0.3, -0.25) is 9.59 Å². The zero-order chi connectivity index (χ0) is 12.6. The molecule has 0 aromatic rings. The molecule has 6 heteroatoms. The first kappa shape index (κ1) is 14.4. The maximum Gasteiger partial charge on any atom is 0.217 e. The minimum atomic E-state index is -1.28. The van der Waals surface area contributed by atoms with E-state index in [1.165, 1.54) is 13.8 Å². The standard InChI is InChI=1S/C10H18N2O4/c1-7(13)11-6-4-3-5-9(10(15)16)12-8(2)14/h9H,3-6H2,1-2H3,(H,11,13)(H,12,14)(H,15,16)/p-1. The fourth-order valence-corrected chi connectivity index (χ4v) is 1.23. The molecule has 2 amide bonds. The lowest BCUT2D eigenvalue weighted by Gasteiger charge is -2.18. The van der Waals surface area contributed by atoms with Crippen LogP contribution >= 0.6 is 0 Å². The quantitative estimate of drug-likeness (QED) is 0.522. The number of hydrogen-bond acceptors (Lipinski definition) is 4. The highest BCUT2D eigenvalue weighted by Crippen LogP contribution is 2.00. The molecule has 2 N–H and O–H groups in total. The summed E-state index contributed by atoms with van der Waals surface area (Å²) in [5.74, 6) is -1.79. The Labute approximate surface area is 94.4 Å². The number of carbonyl (C=O) groups excluding carboxylic acids is 3. The van der Waals surface area contributed by atoms with Crippen LogP contribution in [-0.2, 0) is 14.4 Å². The fraction of sp³-hybridized carbons (Fsp3) is 0.700. The molecule has 0 aliphatic rings. The van der Waals surface area contributed by atoms with E-state index in [0.29, 0.717) is 25.8 Å². The Morgan fingerprint density at radius 3 is 2.19 bits per heavy atom. The monoisotopic (exact) mass is 229 g/mol. The van der Waals surface area contributed by atoms with Crippen molar-refractivity contribution in [1.82, 2.24) is 10.6 Å². The van der Waals surface area contributed by atoms with Gasteiger partial charge in [-0.15, -0.1) is 0 Å². The van der Waals surface area contributed by atoms with Crippen LogP contribution in [0.5, 0.6) is 0 Å². The molecule has 0 fully saturated rings. The summed E-state index contributed by atoms with van der Waals surface area (Å²) >= 11 is 0. The van der Waals surface area contributed by atoms with E-state index >= 15 is 0 Å². The number of carboxylic acid groups (broad SMARTS) is 1. The number of carboxylic acids is 1. The Morgan fingerprint density at radius 1 is 1.12 bits per heavy atom. The summed E-state index contributed by atoms with van der Waals surface area (Å²) in [7, 11) is 0. The zero-order valence-corrected chi connectivity index (χ0v) is 9.54. The Morgan fingerprint density at radius 2 is 1.75 bits per heavy atom. The second kappa shape index (κ2) is 7.67. The third-order valence-corrected chi connectivity index (χ3v) is 1.96. The van der Waals surface area contributed by atoms with Crippen molar-refractivity contribution in [3.05, 3.63) is 0 Å². The molecular formula is C10H17N2O4-. The Balaban J connectivity index is 3.72. The van der Waals surface area contributed by atoms with Crippen LogP contribution in [-0.4, -0.2) is 30.4 Å². The third kappa shape index (κ3) is 7.78. The normalized spacial score (nSPS) is 11.6. The van der Waals surface area contributed by atoms with Crippen molar-refractivity contribution in [3.8, 4) is 0 Å². The molecule has 0 rings (SSSR count). The van der Waals surface area contributed by atoms with Gasteiger partial charge in [-0.1, -0.05) is 0 Å². The number of hydrogen-bond donors (Lipinski definition) is 2. The van der Waals surface area contributed by atoms with Crippen LogP contribution in [0.1, 0.15) is 33.1 Å². The van der Waals surface area contributed by atoms with Gasteiger partial charge in [0.15, 0.2) is 0 Å². The topological polar surface area (TPSA) is 98.3 Å². The van der Waals surface area contributed by atoms with Gasteiger partial charge >= 0.3 is 0 Å². The van der Waals surface area contributed by atoms with Crippen molar-refractivity contribution in [2.75, 3.05) is 6.54 Å². The first-order chi connectivity index (χ1) is 7.43. The highest BCUT2D eigenvalue weighted by atomic mass is 16.4. The van der Waals surface area contributed by atoms with Gasteiger partial charge in [0.1, 0.15) is 0 Å². The summed E-state index contributed by atoms with van der Waals surface area (Å²) in [6.07, 6.45) is 1.57. The van der Waals surface area contributed by atoms with Crippen molar-refractivity contribution in [3.63, 3.8) is 0 Å². The second-order valence-electron chi connectivity index (χ2n) is 3.55. The summed E-state index contributed by atoms with van der Waals surface area (Å²) < 4.78 is 0. The van der Waals surface area contributed by atoms with E-state index < -0.39 is 17.9 Å². The lowest BCUT2D eigenvalue weighted by atomic mass is 10.1. The molecule has 6 nitrogen and oxygen atoms in total.